The zero-order valence-corrected chi connectivity index (χ0v) is 14.7. The first-order valence-corrected chi connectivity index (χ1v) is 8.23. The molecule has 1 saturated carbocycles. The maximum Gasteiger partial charge on any atom is 0.273 e. The number of rotatable bonds is 6. The Morgan fingerprint density at radius 2 is 2.04 bits per heavy atom. The van der Waals surface area contributed by atoms with Crippen molar-refractivity contribution in [2.75, 3.05) is 6.54 Å². The van der Waals surface area contributed by atoms with Gasteiger partial charge in [0.15, 0.2) is 11.5 Å². The molecule has 0 unspecified atom stereocenters. The number of hydrogen-bond acceptors (Lipinski definition) is 4. The third-order valence-electron chi connectivity index (χ3n) is 3.68. The molecule has 0 bridgehead atoms. The molecule has 1 aliphatic carbocycles. The highest BCUT2D eigenvalue weighted by Gasteiger charge is 2.38. The molecule has 23 heavy (non-hydrogen) atoms. The molecule has 1 fully saturated rings. The molecule has 6 heteroatoms. The predicted molar refractivity (Wildman–Crippen MR) is 86.7 cm³/mol. The van der Waals surface area contributed by atoms with Gasteiger partial charge in [-0.3, -0.25) is 9.59 Å². The van der Waals surface area contributed by atoms with Crippen molar-refractivity contribution in [1.29, 1.82) is 0 Å². The monoisotopic (exact) mass is 321 g/mol. The molecule has 0 saturated heterocycles. The Morgan fingerprint density at radius 1 is 1.39 bits per heavy atom. The lowest BCUT2D eigenvalue weighted by Gasteiger charge is -2.28. The molecule has 1 N–H and O–H groups in total. The van der Waals surface area contributed by atoms with Gasteiger partial charge in [0.2, 0.25) is 5.91 Å². The van der Waals surface area contributed by atoms with Gasteiger partial charge in [-0.25, -0.2) is 0 Å². The maximum atomic E-state index is 12.6. The van der Waals surface area contributed by atoms with Crippen LogP contribution in [-0.4, -0.2) is 34.5 Å². The van der Waals surface area contributed by atoms with Crippen LogP contribution in [0, 0.1) is 11.3 Å². The van der Waals surface area contributed by atoms with Crippen LogP contribution in [0.25, 0.3) is 0 Å². The molecule has 6 nitrogen and oxygen atoms in total. The van der Waals surface area contributed by atoms with Gasteiger partial charge in [0, 0.05) is 24.1 Å². The highest BCUT2D eigenvalue weighted by Crippen LogP contribution is 2.32. The Balaban J connectivity index is 2.02. The van der Waals surface area contributed by atoms with Crippen LogP contribution in [0.5, 0.6) is 0 Å². The molecule has 128 valence electrons. The number of hydrogen-bond donors (Lipinski definition) is 1. The molecule has 0 aromatic carbocycles. The average Bonchev–Trinajstić information content (AvgIpc) is 3.19. The van der Waals surface area contributed by atoms with Crippen LogP contribution in [0.3, 0.4) is 0 Å². The molecule has 0 atom stereocenters. The average molecular weight is 321 g/mol. The van der Waals surface area contributed by atoms with E-state index in [1.165, 1.54) is 0 Å². The van der Waals surface area contributed by atoms with E-state index >= 15 is 0 Å². The van der Waals surface area contributed by atoms with Crippen LogP contribution in [0.1, 0.15) is 63.7 Å². The lowest BCUT2D eigenvalue weighted by molar-refractivity contribution is -0.141. The summed E-state index contributed by atoms with van der Waals surface area (Å²) in [4.78, 5) is 26.4. The summed E-state index contributed by atoms with van der Waals surface area (Å²) in [5, 5.41) is 6.63. The number of nitrogens with one attached hydrogen (secondary N) is 1. The molecule has 2 amide bonds. The molecule has 0 spiro atoms. The lowest BCUT2D eigenvalue weighted by atomic mass is 9.94. The van der Waals surface area contributed by atoms with Crippen molar-refractivity contribution in [3.05, 3.63) is 17.5 Å². The van der Waals surface area contributed by atoms with Crippen molar-refractivity contribution >= 4 is 11.8 Å². The van der Waals surface area contributed by atoms with Gasteiger partial charge in [0.1, 0.15) is 0 Å². The molecule has 1 aliphatic rings. The standard InChI is InChI=1S/C17H27N3O3/c1-11(2)9-18-15(21)14-8-13(23-19-14)10-20(12-6-7-12)16(22)17(3,4)5/h8,11-12H,6-7,9-10H2,1-5H3,(H,18,21). The SMILES string of the molecule is CC(C)CNC(=O)c1cc(CN(C(=O)C(C)(C)C)C2CC2)on1. The Hall–Kier alpha value is -1.85. The summed E-state index contributed by atoms with van der Waals surface area (Å²) < 4.78 is 5.26. The summed E-state index contributed by atoms with van der Waals surface area (Å²) >= 11 is 0. The van der Waals surface area contributed by atoms with Crippen LogP contribution < -0.4 is 5.32 Å². The summed E-state index contributed by atoms with van der Waals surface area (Å²) in [6.45, 7) is 10.8. The summed E-state index contributed by atoms with van der Waals surface area (Å²) in [6.07, 6.45) is 2.05. The summed E-state index contributed by atoms with van der Waals surface area (Å²) in [7, 11) is 0. The topological polar surface area (TPSA) is 75.4 Å². The van der Waals surface area contributed by atoms with Crippen LogP contribution in [-0.2, 0) is 11.3 Å². The van der Waals surface area contributed by atoms with Crippen molar-refractivity contribution in [1.82, 2.24) is 15.4 Å². The first-order chi connectivity index (χ1) is 10.7. The van der Waals surface area contributed by atoms with E-state index < -0.39 is 5.41 Å². The fraction of sp³-hybridized carbons (Fsp3) is 0.706. The quantitative estimate of drug-likeness (QED) is 0.874. The number of amides is 2. The smallest absolute Gasteiger partial charge is 0.273 e. The van der Waals surface area contributed by atoms with Crippen molar-refractivity contribution < 1.29 is 14.1 Å². The van der Waals surface area contributed by atoms with E-state index in [0.29, 0.717) is 24.8 Å². The lowest BCUT2D eigenvalue weighted by Crippen LogP contribution is -2.40. The molecule has 1 aromatic heterocycles. The van der Waals surface area contributed by atoms with Gasteiger partial charge in [-0.1, -0.05) is 39.8 Å². The minimum atomic E-state index is -0.430. The maximum absolute atomic E-state index is 12.6. The predicted octanol–water partition coefficient (Wildman–Crippen LogP) is 2.60. The second kappa shape index (κ2) is 6.72. The largest absolute Gasteiger partial charge is 0.359 e. The van der Waals surface area contributed by atoms with Crippen LogP contribution in [0.2, 0.25) is 0 Å². The Labute approximate surface area is 137 Å². The van der Waals surface area contributed by atoms with Gasteiger partial charge >= 0.3 is 0 Å². The van der Waals surface area contributed by atoms with E-state index in [9.17, 15) is 9.59 Å². The van der Waals surface area contributed by atoms with E-state index in [4.69, 9.17) is 4.52 Å². The summed E-state index contributed by atoms with van der Waals surface area (Å²) in [5.41, 5.74) is -0.167. The molecular weight excluding hydrogens is 294 g/mol. The molecule has 1 heterocycles. The molecule has 0 radical (unpaired) electrons. The van der Waals surface area contributed by atoms with E-state index in [1.54, 1.807) is 6.07 Å². The van der Waals surface area contributed by atoms with Crippen molar-refractivity contribution in [3.8, 4) is 0 Å². The summed E-state index contributed by atoms with van der Waals surface area (Å²) in [5.74, 6) is 0.778. The first-order valence-electron chi connectivity index (χ1n) is 8.23. The van der Waals surface area contributed by atoms with Crippen LogP contribution in [0.4, 0.5) is 0 Å². The third kappa shape index (κ3) is 4.81. The fourth-order valence-electron chi connectivity index (χ4n) is 2.23. The molecular formula is C17H27N3O3. The number of nitrogens with zero attached hydrogens (tertiary/aromatic N) is 2. The first kappa shape index (κ1) is 17.5. The second-order valence-corrected chi connectivity index (χ2v) is 7.70. The van der Waals surface area contributed by atoms with E-state index in [0.717, 1.165) is 12.8 Å². The van der Waals surface area contributed by atoms with Gasteiger partial charge < -0.3 is 14.7 Å². The number of carbonyl (C=O) groups is 2. The van der Waals surface area contributed by atoms with Gasteiger partial charge in [-0.2, -0.15) is 0 Å². The van der Waals surface area contributed by atoms with Crippen LogP contribution in [0.15, 0.2) is 10.6 Å². The zero-order valence-electron chi connectivity index (χ0n) is 14.7. The van der Waals surface area contributed by atoms with Gasteiger partial charge in [0.25, 0.3) is 5.91 Å². The van der Waals surface area contributed by atoms with Crippen LogP contribution >= 0.6 is 0 Å². The Bertz CT molecular complexity index is 568. The Morgan fingerprint density at radius 3 is 2.57 bits per heavy atom. The number of carbonyl (C=O) groups excluding carboxylic acids is 2. The second-order valence-electron chi connectivity index (χ2n) is 7.70. The van der Waals surface area contributed by atoms with Gasteiger partial charge in [0.05, 0.1) is 6.54 Å². The Kier molecular flexibility index (Phi) is 5.12. The highest BCUT2D eigenvalue weighted by molar-refractivity contribution is 5.92. The molecule has 1 aromatic rings. The molecule has 2 rings (SSSR count). The van der Waals surface area contributed by atoms with E-state index in [1.807, 2.05) is 39.5 Å². The van der Waals surface area contributed by atoms with Crippen molar-refractivity contribution in [2.24, 2.45) is 11.3 Å². The minimum absolute atomic E-state index is 0.0993. The van der Waals surface area contributed by atoms with Crippen molar-refractivity contribution in [3.63, 3.8) is 0 Å². The normalized spacial score (nSPS) is 14.9. The highest BCUT2D eigenvalue weighted by atomic mass is 16.5. The minimum Gasteiger partial charge on any atom is -0.359 e. The molecule has 0 aliphatic heterocycles. The van der Waals surface area contributed by atoms with Gasteiger partial charge in [-0.05, 0) is 18.8 Å². The fourth-order valence-corrected chi connectivity index (χ4v) is 2.23. The van der Waals surface area contributed by atoms with Gasteiger partial charge in [-0.15, -0.1) is 0 Å². The van der Waals surface area contributed by atoms with Crippen molar-refractivity contribution in [2.45, 2.75) is 60.0 Å². The summed E-state index contributed by atoms with van der Waals surface area (Å²) in [6, 6.07) is 1.91. The number of aromatic nitrogens is 1. The van der Waals surface area contributed by atoms with E-state index in [-0.39, 0.29) is 23.6 Å². The van der Waals surface area contributed by atoms with E-state index in [2.05, 4.69) is 10.5 Å². The third-order valence-corrected chi connectivity index (χ3v) is 3.68. The zero-order chi connectivity index (χ0) is 17.2.